The van der Waals surface area contributed by atoms with Crippen LogP contribution >= 0.6 is 11.3 Å². The van der Waals surface area contributed by atoms with Crippen molar-refractivity contribution in [3.8, 4) is 5.75 Å². The number of rotatable bonds is 3. The Morgan fingerprint density at radius 2 is 2.32 bits per heavy atom. The molecule has 0 saturated heterocycles. The Kier molecular flexibility index (Phi) is 3.53. The first-order valence-electron chi connectivity index (χ1n) is 6.56. The Bertz CT molecular complexity index is 567. The minimum Gasteiger partial charge on any atom is -0.493 e. The molecule has 2 aromatic rings. The van der Waals surface area contributed by atoms with Gasteiger partial charge in [0, 0.05) is 6.20 Å². The molecule has 2 atom stereocenters. The molecule has 0 saturated carbocycles. The van der Waals surface area contributed by atoms with Crippen LogP contribution in [0.2, 0.25) is 0 Å². The Morgan fingerprint density at radius 1 is 1.47 bits per heavy atom. The van der Waals surface area contributed by atoms with Crippen LogP contribution in [0.5, 0.6) is 5.75 Å². The monoisotopic (exact) mass is 275 g/mol. The predicted molar refractivity (Wildman–Crippen MR) is 75.7 cm³/mol. The summed E-state index contributed by atoms with van der Waals surface area (Å²) < 4.78 is 5.65. The standard InChI is InChI=1S/C15H17NO2S/c1-10-16-9-15(19-10)13(17)8-11-6-7-18-14-5-3-2-4-12(11)14/h2-5,9,11,13,17H,6-8H2,1H3. The number of aryl methyl sites for hydroxylation is 1. The molecule has 19 heavy (non-hydrogen) atoms. The fourth-order valence-electron chi connectivity index (χ4n) is 2.58. The van der Waals surface area contributed by atoms with E-state index in [0.29, 0.717) is 5.92 Å². The molecule has 100 valence electrons. The van der Waals surface area contributed by atoms with Crippen LogP contribution in [0, 0.1) is 6.92 Å². The molecule has 1 aliphatic heterocycles. The van der Waals surface area contributed by atoms with Gasteiger partial charge in [-0.05, 0) is 37.3 Å². The zero-order valence-electron chi connectivity index (χ0n) is 10.9. The van der Waals surface area contributed by atoms with Crippen LogP contribution in [0.3, 0.4) is 0 Å². The van der Waals surface area contributed by atoms with Gasteiger partial charge in [0.25, 0.3) is 0 Å². The topological polar surface area (TPSA) is 42.4 Å². The summed E-state index contributed by atoms with van der Waals surface area (Å²) in [7, 11) is 0. The number of thiazole rings is 1. The molecular formula is C15H17NO2S. The molecule has 4 heteroatoms. The Hall–Kier alpha value is -1.39. The van der Waals surface area contributed by atoms with E-state index in [-0.39, 0.29) is 0 Å². The molecule has 0 aliphatic carbocycles. The number of aliphatic hydroxyl groups is 1. The van der Waals surface area contributed by atoms with E-state index in [0.717, 1.165) is 35.1 Å². The molecule has 0 amide bonds. The van der Waals surface area contributed by atoms with Crippen LogP contribution in [0.1, 0.15) is 40.3 Å². The SMILES string of the molecule is Cc1ncc(C(O)CC2CCOc3ccccc32)s1. The molecule has 3 rings (SSSR count). The third kappa shape index (κ3) is 2.65. The normalized spacial score (nSPS) is 19.6. The van der Waals surface area contributed by atoms with E-state index < -0.39 is 6.10 Å². The van der Waals surface area contributed by atoms with Crippen molar-refractivity contribution in [3.63, 3.8) is 0 Å². The molecule has 1 aliphatic rings. The van der Waals surface area contributed by atoms with Crippen LogP contribution in [-0.2, 0) is 0 Å². The maximum Gasteiger partial charge on any atom is 0.122 e. The average Bonchev–Trinajstić information content (AvgIpc) is 2.86. The van der Waals surface area contributed by atoms with Crippen LogP contribution in [0.25, 0.3) is 0 Å². The highest BCUT2D eigenvalue weighted by atomic mass is 32.1. The van der Waals surface area contributed by atoms with Gasteiger partial charge in [-0.25, -0.2) is 4.98 Å². The third-order valence-corrected chi connectivity index (χ3v) is 4.57. The highest BCUT2D eigenvalue weighted by molar-refractivity contribution is 7.11. The number of hydrogen-bond donors (Lipinski definition) is 1. The molecule has 2 heterocycles. The van der Waals surface area contributed by atoms with Crippen LogP contribution < -0.4 is 4.74 Å². The van der Waals surface area contributed by atoms with Crippen molar-refractivity contribution in [1.29, 1.82) is 0 Å². The van der Waals surface area contributed by atoms with Gasteiger partial charge in [-0.2, -0.15) is 0 Å². The number of nitrogens with zero attached hydrogens (tertiary/aromatic N) is 1. The first-order chi connectivity index (χ1) is 9.24. The van der Waals surface area contributed by atoms with E-state index in [1.165, 1.54) is 5.56 Å². The zero-order valence-corrected chi connectivity index (χ0v) is 11.7. The predicted octanol–water partition coefficient (Wildman–Crippen LogP) is 3.44. The lowest BCUT2D eigenvalue weighted by Crippen LogP contribution is -2.16. The van der Waals surface area contributed by atoms with E-state index in [1.807, 2.05) is 25.1 Å². The van der Waals surface area contributed by atoms with Crippen molar-refractivity contribution in [2.45, 2.75) is 31.8 Å². The molecule has 1 N–H and O–H groups in total. The van der Waals surface area contributed by atoms with Crippen LogP contribution in [0.15, 0.2) is 30.5 Å². The number of aliphatic hydroxyl groups excluding tert-OH is 1. The summed E-state index contributed by atoms with van der Waals surface area (Å²) in [5.41, 5.74) is 1.22. The van der Waals surface area contributed by atoms with Crippen molar-refractivity contribution in [2.24, 2.45) is 0 Å². The van der Waals surface area contributed by atoms with E-state index in [2.05, 4.69) is 11.1 Å². The van der Waals surface area contributed by atoms with Crippen molar-refractivity contribution in [3.05, 3.63) is 45.9 Å². The smallest absolute Gasteiger partial charge is 0.122 e. The Morgan fingerprint density at radius 3 is 3.11 bits per heavy atom. The molecule has 1 aromatic carbocycles. The second-order valence-corrected chi connectivity index (χ2v) is 6.17. The van der Waals surface area contributed by atoms with Gasteiger partial charge in [-0.15, -0.1) is 11.3 Å². The second kappa shape index (κ2) is 5.31. The maximum atomic E-state index is 10.3. The van der Waals surface area contributed by atoms with Gasteiger partial charge < -0.3 is 9.84 Å². The van der Waals surface area contributed by atoms with Crippen molar-refractivity contribution >= 4 is 11.3 Å². The summed E-state index contributed by atoms with van der Waals surface area (Å²) in [6, 6.07) is 8.13. The first-order valence-corrected chi connectivity index (χ1v) is 7.38. The lowest BCUT2D eigenvalue weighted by molar-refractivity contribution is 0.148. The fourth-order valence-corrected chi connectivity index (χ4v) is 3.36. The van der Waals surface area contributed by atoms with E-state index in [9.17, 15) is 5.11 Å². The van der Waals surface area contributed by atoms with Crippen molar-refractivity contribution in [2.75, 3.05) is 6.61 Å². The van der Waals surface area contributed by atoms with E-state index in [1.54, 1.807) is 17.5 Å². The third-order valence-electron chi connectivity index (χ3n) is 3.56. The van der Waals surface area contributed by atoms with Crippen LogP contribution in [-0.4, -0.2) is 16.7 Å². The number of benzene rings is 1. The number of hydrogen-bond acceptors (Lipinski definition) is 4. The fraction of sp³-hybridized carbons (Fsp3) is 0.400. The lowest BCUT2D eigenvalue weighted by Gasteiger charge is -2.27. The molecule has 3 nitrogen and oxygen atoms in total. The van der Waals surface area contributed by atoms with Gasteiger partial charge in [-0.1, -0.05) is 18.2 Å². The molecule has 0 fully saturated rings. The molecule has 0 bridgehead atoms. The largest absolute Gasteiger partial charge is 0.493 e. The minimum absolute atomic E-state index is 0.363. The molecule has 2 unspecified atom stereocenters. The summed E-state index contributed by atoms with van der Waals surface area (Å²) in [4.78, 5) is 5.17. The number of fused-ring (bicyclic) bond motifs is 1. The van der Waals surface area contributed by atoms with Gasteiger partial charge in [0.15, 0.2) is 0 Å². The maximum absolute atomic E-state index is 10.3. The number of ether oxygens (including phenoxy) is 1. The van der Waals surface area contributed by atoms with Gasteiger partial charge in [0.05, 0.1) is 22.6 Å². The van der Waals surface area contributed by atoms with Gasteiger partial charge in [0.1, 0.15) is 5.75 Å². The summed E-state index contributed by atoms with van der Waals surface area (Å²) in [6.45, 7) is 2.70. The van der Waals surface area contributed by atoms with E-state index in [4.69, 9.17) is 4.74 Å². The zero-order chi connectivity index (χ0) is 13.2. The minimum atomic E-state index is -0.428. The van der Waals surface area contributed by atoms with Gasteiger partial charge in [0.2, 0.25) is 0 Å². The Labute approximate surface area is 116 Å². The molecular weight excluding hydrogens is 258 g/mol. The molecule has 0 radical (unpaired) electrons. The first kappa shape index (κ1) is 12.6. The second-order valence-electron chi connectivity index (χ2n) is 4.91. The summed E-state index contributed by atoms with van der Waals surface area (Å²) in [5.74, 6) is 1.33. The van der Waals surface area contributed by atoms with E-state index >= 15 is 0 Å². The number of aromatic nitrogens is 1. The average molecular weight is 275 g/mol. The highest BCUT2D eigenvalue weighted by Crippen LogP contribution is 2.39. The highest BCUT2D eigenvalue weighted by Gasteiger charge is 2.24. The van der Waals surface area contributed by atoms with Gasteiger partial charge >= 0.3 is 0 Å². The van der Waals surface area contributed by atoms with Gasteiger partial charge in [-0.3, -0.25) is 0 Å². The van der Waals surface area contributed by atoms with Crippen LogP contribution in [0.4, 0.5) is 0 Å². The Balaban J connectivity index is 1.77. The number of para-hydroxylation sites is 1. The van der Waals surface area contributed by atoms with Crippen molar-refractivity contribution < 1.29 is 9.84 Å². The summed E-state index contributed by atoms with van der Waals surface area (Å²) in [5, 5.41) is 11.3. The summed E-state index contributed by atoms with van der Waals surface area (Å²) in [6.07, 6.45) is 3.06. The van der Waals surface area contributed by atoms with Crippen molar-refractivity contribution in [1.82, 2.24) is 4.98 Å². The lowest BCUT2D eigenvalue weighted by atomic mass is 9.88. The molecule has 1 aromatic heterocycles. The summed E-state index contributed by atoms with van der Waals surface area (Å²) >= 11 is 1.57. The quantitative estimate of drug-likeness (QED) is 0.933. The molecule has 0 spiro atoms.